The van der Waals surface area contributed by atoms with Crippen molar-refractivity contribution in [1.82, 2.24) is 0 Å². The standard InChI is InChI=1S/C25H26F6O3/c1-3-5-16-6-10-18(11-7-16)33-24(28,29)17-8-12-19(13-9-17)34-25(30,31)20-14-15-21(32-4-2)23(27)22(20)26/h3,5,8-9,12-16,18H,4,6-7,10-11H2,1-2H3/b5-3+. The molecule has 1 saturated carbocycles. The number of ether oxygens (including phenoxy) is 3. The Morgan fingerprint density at radius 2 is 1.53 bits per heavy atom. The number of halogens is 6. The van der Waals surface area contributed by atoms with E-state index in [0.717, 1.165) is 43.2 Å². The average molecular weight is 488 g/mol. The lowest BCUT2D eigenvalue weighted by Gasteiger charge is -2.30. The Morgan fingerprint density at radius 1 is 0.882 bits per heavy atom. The Balaban J connectivity index is 1.67. The van der Waals surface area contributed by atoms with Crippen LogP contribution in [0, 0.1) is 17.6 Å². The first-order chi connectivity index (χ1) is 16.1. The van der Waals surface area contributed by atoms with Gasteiger partial charge in [0.15, 0.2) is 11.6 Å². The van der Waals surface area contributed by atoms with Crippen molar-refractivity contribution in [3.05, 3.63) is 71.3 Å². The summed E-state index contributed by atoms with van der Waals surface area (Å²) in [6.45, 7) is 3.45. The Bertz CT molecular complexity index is 983. The number of benzene rings is 2. The van der Waals surface area contributed by atoms with E-state index in [2.05, 4.69) is 10.8 Å². The number of hydrogen-bond acceptors (Lipinski definition) is 3. The third kappa shape index (κ3) is 6.05. The molecule has 1 aliphatic rings. The molecular weight excluding hydrogens is 462 g/mol. The van der Waals surface area contributed by atoms with Crippen LogP contribution in [0.3, 0.4) is 0 Å². The quantitative estimate of drug-likeness (QED) is 0.268. The molecule has 9 heteroatoms. The van der Waals surface area contributed by atoms with Crippen LogP contribution >= 0.6 is 0 Å². The van der Waals surface area contributed by atoms with Crippen molar-refractivity contribution in [3.63, 3.8) is 0 Å². The van der Waals surface area contributed by atoms with Gasteiger partial charge < -0.3 is 14.2 Å². The van der Waals surface area contributed by atoms with Crippen molar-refractivity contribution in [2.45, 2.75) is 57.9 Å². The third-order valence-corrected chi connectivity index (χ3v) is 5.59. The first-order valence-corrected chi connectivity index (χ1v) is 11.0. The van der Waals surface area contributed by atoms with Gasteiger partial charge in [-0.1, -0.05) is 12.2 Å². The molecule has 1 aliphatic carbocycles. The maximum atomic E-state index is 14.6. The van der Waals surface area contributed by atoms with E-state index in [1.165, 1.54) is 6.92 Å². The maximum Gasteiger partial charge on any atom is 0.429 e. The number of rotatable bonds is 9. The highest BCUT2D eigenvalue weighted by atomic mass is 19.3. The predicted octanol–water partition coefficient (Wildman–Crippen LogP) is 7.69. The SMILES string of the molecule is C/C=C/C1CCC(OC(F)(F)c2ccc(OC(F)(F)c3ccc(OCC)c(F)c3F)cc2)CC1. The molecular formula is C25H26F6O3. The van der Waals surface area contributed by atoms with Crippen LogP contribution in [-0.4, -0.2) is 12.7 Å². The van der Waals surface area contributed by atoms with Gasteiger partial charge >= 0.3 is 12.2 Å². The largest absolute Gasteiger partial charge is 0.491 e. The van der Waals surface area contributed by atoms with Gasteiger partial charge in [-0.15, -0.1) is 0 Å². The molecule has 0 heterocycles. The summed E-state index contributed by atoms with van der Waals surface area (Å²) in [6, 6.07) is 5.09. The molecule has 3 nitrogen and oxygen atoms in total. The van der Waals surface area contributed by atoms with Gasteiger partial charge in [0, 0.05) is 0 Å². The fourth-order valence-corrected chi connectivity index (χ4v) is 3.89. The zero-order chi connectivity index (χ0) is 24.9. The molecule has 1 fully saturated rings. The van der Waals surface area contributed by atoms with E-state index >= 15 is 0 Å². The summed E-state index contributed by atoms with van der Waals surface area (Å²) >= 11 is 0. The van der Waals surface area contributed by atoms with Gasteiger partial charge in [0.1, 0.15) is 11.3 Å². The van der Waals surface area contributed by atoms with Crippen LogP contribution < -0.4 is 9.47 Å². The lowest BCUT2D eigenvalue weighted by atomic mass is 9.87. The molecule has 0 saturated heterocycles. The lowest BCUT2D eigenvalue weighted by molar-refractivity contribution is -0.277. The Hall–Kier alpha value is -2.68. The molecule has 3 rings (SSSR count). The molecule has 0 unspecified atom stereocenters. The van der Waals surface area contributed by atoms with Crippen molar-refractivity contribution in [1.29, 1.82) is 0 Å². The molecule has 186 valence electrons. The summed E-state index contributed by atoms with van der Waals surface area (Å²) in [7, 11) is 0. The third-order valence-electron chi connectivity index (χ3n) is 5.59. The topological polar surface area (TPSA) is 27.7 Å². The second-order valence-corrected chi connectivity index (χ2v) is 8.01. The van der Waals surface area contributed by atoms with E-state index < -0.39 is 52.6 Å². The predicted molar refractivity (Wildman–Crippen MR) is 114 cm³/mol. The fraction of sp³-hybridized carbons (Fsp3) is 0.440. The highest BCUT2D eigenvalue weighted by Gasteiger charge is 2.40. The molecule has 0 spiro atoms. The van der Waals surface area contributed by atoms with E-state index in [-0.39, 0.29) is 6.61 Å². The van der Waals surface area contributed by atoms with Gasteiger partial charge in [0.05, 0.1) is 18.3 Å². The molecule has 0 aliphatic heterocycles. The number of hydrogen-bond donors (Lipinski definition) is 0. The van der Waals surface area contributed by atoms with E-state index in [4.69, 9.17) is 9.47 Å². The van der Waals surface area contributed by atoms with E-state index in [9.17, 15) is 26.3 Å². The summed E-state index contributed by atoms with van der Waals surface area (Å²) in [6.07, 6.45) is -2.04. The average Bonchev–Trinajstić information content (AvgIpc) is 2.78. The first kappa shape index (κ1) is 25.9. The number of allylic oxidation sites excluding steroid dienone is 2. The minimum absolute atomic E-state index is 0.0146. The minimum Gasteiger partial charge on any atom is -0.491 e. The van der Waals surface area contributed by atoms with Crippen molar-refractivity contribution in [2.24, 2.45) is 5.92 Å². The summed E-state index contributed by atoms with van der Waals surface area (Å²) in [5.74, 6) is -4.07. The van der Waals surface area contributed by atoms with Gasteiger partial charge in [-0.25, -0.2) is 4.39 Å². The molecule has 0 radical (unpaired) electrons. The molecule has 0 amide bonds. The van der Waals surface area contributed by atoms with E-state index in [0.29, 0.717) is 24.8 Å². The highest BCUT2D eigenvalue weighted by Crippen LogP contribution is 2.39. The van der Waals surface area contributed by atoms with Crippen molar-refractivity contribution in [2.75, 3.05) is 6.61 Å². The van der Waals surface area contributed by atoms with E-state index in [1.54, 1.807) is 0 Å². The second-order valence-electron chi connectivity index (χ2n) is 8.01. The molecule has 0 atom stereocenters. The monoisotopic (exact) mass is 488 g/mol. The molecule has 0 N–H and O–H groups in total. The van der Waals surface area contributed by atoms with Crippen LogP contribution in [0.4, 0.5) is 26.3 Å². The van der Waals surface area contributed by atoms with Crippen LogP contribution in [0.5, 0.6) is 11.5 Å². The molecule has 0 bridgehead atoms. The smallest absolute Gasteiger partial charge is 0.429 e. The van der Waals surface area contributed by atoms with Crippen molar-refractivity contribution < 1.29 is 40.6 Å². The second kappa shape index (κ2) is 10.7. The van der Waals surface area contributed by atoms with Crippen LogP contribution in [0.1, 0.15) is 50.7 Å². The summed E-state index contributed by atoms with van der Waals surface area (Å²) in [4.78, 5) is 0. The van der Waals surface area contributed by atoms with Crippen molar-refractivity contribution in [3.8, 4) is 11.5 Å². The summed E-state index contributed by atoms with van der Waals surface area (Å²) in [5.41, 5.74) is -1.88. The van der Waals surface area contributed by atoms with Gasteiger partial charge in [-0.05, 0) is 81.8 Å². The van der Waals surface area contributed by atoms with E-state index in [1.807, 2.05) is 13.0 Å². The highest BCUT2D eigenvalue weighted by molar-refractivity contribution is 5.34. The summed E-state index contributed by atoms with van der Waals surface area (Å²) < 4.78 is 101. The zero-order valence-corrected chi connectivity index (χ0v) is 18.8. The Kier molecular flexibility index (Phi) is 8.17. The Morgan fingerprint density at radius 3 is 2.12 bits per heavy atom. The van der Waals surface area contributed by atoms with Crippen LogP contribution in [0.25, 0.3) is 0 Å². The maximum absolute atomic E-state index is 14.6. The van der Waals surface area contributed by atoms with Crippen LogP contribution in [0.15, 0.2) is 48.6 Å². The molecule has 2 aromatic carbocycles. The van der Waals surface area contributed by atoms with Crippen molar-refractivity contribution >= 4 is 0 Å². The fourth-order valence-electron chi connectivity index (χ4n) is 3.89. The van der Waals surface area contributed by atoms with Gasteiger partial charge in [-0.2, -0.15) is 22.0 Å². The molecule has 0 aromatic heterocycles. The van der Waals surface area contributed by atoms with Gasteiger partial charge in [0.25, 0.3) is 0 Å². The Labute approximate surface area is 194 Å². The normalized spacial score (nSPS) is 19.4. The molecule has 2 aromatic rings. The minimum atomic E-state index is -4.26. The first-order valence-electron chi connectivity index (χ1n) is 11.0. The summed E-state index contributed by atoms with van der Waals surface area (Å²) in [5, 5.41) is 0. The zero-order valence-electron chi connectivity index (χ0n) is 18.8. The van der Waals surface area contributed by atoms with Gasteiger partial charge in [-0.3, -0.25) is 0 Å². The lowest BCUT2D eigenvalue weighted by Crippen LogP contribution is -2.29. The van der Waals surface area contributed by atoms with Crippen LogP contribution in [-0.2, 0) is 17.0 Å². The molecule has 34 heavy (non-hydrogen) atoms. The van der Waals surface area contributed by atoms with Crippen LogP contribution in [0.2, 0.25) is 0 Å². The number of alkyl halides is 4. The van der Waals surface area contributed by atoms with Gasteiger partial charge in [0.2, 0.25) is 5.82 Å².